The van der Waals surface area contributed by atoms with E-state index in [9.17, 15) is 9.90 Å². The predicted molar refractivity (Wildman–Crippen MR) is 64.0 cm³/mol. The fraction of sp³-hybridized carbons (Fsp3) is 0.909. The second-order valence-corrected chi connectivity index (χ2v) is 5.80. The summed E-state index contributed by atoms with van der Waals surface area (Å²) in [5.41, 5.74) is -0.617. The van der Waals surface area contributed by atoms with Crippen LogP contribution in [0.15, 0.2) is 0 Å². The fourth-order valence-electron chi connectivity index (χ4n) is 1.90. The van der Waals surface area contributed by atoms with E-state index in [1.165, 1.54) is 0 Å². The number of aliphatic hydroxyl groups is 1. The summed E-state index contributed by atoms with van der Waals surface area (Å²) in [6.45, 7) is 7.05. The van der Waals surface area contributed by atoms with E-state index in [-0.39, 0.29) is 16.7 Å². The Morgan fingerprint density at radius 2 is 2.07 bits per heavy atom. The van der Waals surface area contributed by atoms with Gasteiger partial charge in [0.15, 0.2) is 0 Å². The maximum Gasteiger partial charge on any atom is 0.236 e. The molecule has 1 saturated heterocycles. The molecule has 0 bridgehead atoms. The van der Waals surface area contributed by atoms with Crippen molar-refractivity contribution in [1.82, 2.24) is 4.90 Å². The molecule has 1 amide bonds. The van der Waals surface area contributed by atoms with Gasteiger partial charge in [-0.2, -0.15) is 0 Å². The molecule has 0 aromatic heterocycles. The first-order valence-electron chi connectivity index (χ1n) is 5.55. The third-order valence-electron chi connectivity index (χ3n) is 2.82. The maximum atomic E-state index is 11.8. The van der Waals surface area contributed by atoms with Crippen LogP contribution in [0.5, 0.6) is 0 Å². The van der Waals surface area contributed by atoms with Crippen LogP contribution in [0.4, 0.5) is 0 Å². The summed E-state index contributed by atoms with van der Waals surface area (Å²) >= 11 is 3.39. The van der Waals surface area contributed by atoms with Gasteiger partial charge in [0.05, 0.1) is 23.5 Å². The Kier molecular flexibility index (Phi) is 4.18. The Balaban J connectivity index is 2.41. The van der Waals surface area contributed by atoms with Crippen molar-refractivity contribution < 1.29 is 9.90 Å². The number of carbonyl (C=O) groups is 1. The van der Waals surface area contributed by atoms with E-state index in [0.717, 1.165) is 12.8 Å². The van der Waals surface area contributed by atoms with Crippen molar-refractivity contribution in [2.24, 2.45) is 5.92 Å². The number of alkyl halides is 1. The molecule has 0 saturated carbocycles. The topological polar surface area (TPSA) is 40.5 Å². The maximum absolute atomic E-state index is 11.8. The van der Waals surface area contributed by atoms with Crippen molar-refractivity contribution in [3.05, 3.63) is 0 Å². The monoisotopic (exact) mass is 277 g/mol. The molecule has 1 rings (SSSR count). The molecule has 15 heavy (non-hydrogen) atoms. The van der Waals surface area contributed by atoms with Crippen LogP contribution in [0.3, 0.4) is 0 Å². The van der Waals surface area contributed by atoms with E-state index in [0.29, 0.717) is 13.1 Å². The number of hydrogen-bond acceptors (Lipinski definition) is 2. The summed E-state index contributed by atoms with van der Waals surface area (Å²) in [6, 6.07) is 0. The number of nitrogens with zero attached hydrogens (tertiary/aromatic N) is 1. The summed E-state index contributed by atoms with van der Waals surface area (Å²) in [7, 11) is 0. The fourth-order valence-corrected chi connectivity index (χ4v) is 2.19. The first kappa shape index (κ1) is 13.0. The van der Waals surface area contributed by atoms with E-state index in [1.54, 1.807) is 4.90 Å². The molecule has 0 aromatic carbocycles. The van der Waals surface area contributed by atoms with Gasteiger partial charge in [0.1, 0.15) is 0 Å². The van der Waals surface area contributed by atoms with Gasteiger partial charge in [-0.15, -0.1) is 0 Å². The van der Waals surface area contributed by atoms with E-state index in [2.05, 4.69) is 15.9 Å². The highest BCUT2D eigenvalue weighted by molar-refractivity contribution is 9.10. The molecule has 1 atom stereocenters. The molecule has 0 aliphatic carbocycles. The number of hydrogen-bond donors (Lipinski definition) is 1. The van der Waals surface area contributed by atoms with E-state index >= 15 is 0 Å². The third-order valence-corrected chi connectivity index (χ3v) is 4.27. The lowest BCUT2D eigenvalue weighted by molar-refractivity contribution is -0.156. The Bertz CT molecular complexity index is 237. The summed E-state index contributed by atoms with van der Waals surface area (Å²) in [6.07, 6.45) is 1.74. The number of rotatable bonds is 4. The average molecular weight is 278 g/mol. The summed E-state index contributed by atoms with van der Waals surface area (Å²) in [5, 5.41) is 9.94. The molecule has 1 aliphatic heterocycles. The largest absolute Gasteiger partial charge is 0.386 e. The Hall–Kier alpha value is -0.0900. The second kappa shape index (κ2) is 4.83. The zero-order chi connectivity index (χ0) is 11.6. The first-order chi connectivity index (χ1) is 6.89. The van der Waals surface area contributed by atoms with Crippen LogP contribution in [0, 0.1) is 5.92 Å². The number of halogens is 1. The normalized spacial score (nSPS) is 21.3. The third kappa shape index (κ3) is 2.94. The van der Waals surface area contributed by atoms with Crippen LogP contribution < -0.4 is 0 Å². The molecular weight excluding hydrogens is 258 g/mol. The van der Waals surface area contributed by atoms with E-state index in [4.69, 9.17) is 0 Å². The Labute approximate surface area is 100.0 Å². The lowest BCUT2D eigenvalue weighted by atomic mass is 9.88. The summed E-state index contributed by atoms with van der Waals surface area (Å²) in [4.78, 5) is 13.4. The number of β-amino-alcohol motifs (C(OH)–C–C–N with tert-alkyl or cyclic N) is 1. The average Bonchev–Trinajstić information content (AvgIpc) is 2.11. The number of amides is 1. The molecule has 1 aliphatic rings. The molecule has 1 unspecified atom stereocenters. The molecule has 1 fully saturated rings. The van der Waals surface area contributed by atoms with Gasteiger partial charge < -0.3 is 10.0 Å². The molecule has 4 heteroatoms. The zero-order valence-electron chi connectivity index (χ0n) is 9.66. The van der Waals surface area contributed by atoms with Crippen molar-refractivity contribution in [3.8, 4) is 0 Å². The van der Waals surface area contributed by atoms with Gasteiger partial charge in [-0.05, 0) is 12.3 Å². The molecule has 1 N–H and O–H groups in total. The molecule has 1 heterocycles. The minimum absolute atomic E-state index is 0.103. The summed E-state index contributed by atoms with van der Waals surface area (Å²) < 4.78 is 0. The molecule has 0 spiro atoms. The smallest absolute Gasteiger partial charge is 0.236 e. The van der Waals surface area contributed by atoms with Crippen molar-refractivity contribution in [3.63, 3.8) is 0 Å². The molecule has 0 aromatic rings. The van der Waals surface area contributed by atoms with Gasteiger partial charge in [-0.25, -0.2) is 0 Å². The van der Waals surface area contributed by atoms with Gasteiger partial charge >= 0.3 is 0 Å². The van der Waals surface area contributed by atoms with Crippen LogP contribution in [0.25, 0.3) is 0 Å². The number of carbonyl (C=O) groups excluding carboxylic acids is 1. The van der Waals surface area contributed by atoms with Crippen molar-refractivity contribution in [2.75, 3.05) is 13.1 Å². The van der Waals surface area contributed by atoms with Crippen LogP contribution in [0.1, 0.15) is 33.6 Å². The van der Waals surface area contributed by atoms with Crippen LogP contribution in [0.2, 0.25) is 0 Å². The van der Waals surface area contributed by atoms with Crippen LogP contribution in [-0.4, -0.2) is 39.4 Å². The van der Waals surface area contributed by atoms with Gasteiger partial charge in [-0.3, -0.25) is 4.79 Å². The van der Waals surface area contributed by atoms with Gasteiger partial charge in [0, 0.05) is 0 Å². The van der Waals surface area contributed by atoms with Crippen molar-refractivity contribution >= 4 is 21.8 Å². The lowest BCUT2D eigenvalue weighted by Gasteiger charge is -2.47. The van der Waals surface area contributed by atoms with Gasteiger partial charge in [0.2, 0.25) is 5.91 Å². The minimum atomic E-state index is -0.617. The first-order valence-corrected chi connectivity index (χ1v) is 6.46. The highest BCUT2D eigenvalue weighted by Crippen LogP contribution is 2.28. The predicted octanol–water partition coefficient (Wildman–Crippen LogP) is 1.78. The van der Waals surface area contributed by atoms with Crippen LogP contribution >= 0.6 is 15.9 Å². The Morgan fingerprint density at radius 3 is 2.47 bits per heavy atom. The quantitative estimate of drug-likeness (QED) is 0.796. The highest BCUT2D eigenvalue weighted by Gasteiger charge is 2.44. The molecule has 88 valence electrons. The SMILES string of the molecule is CCCC1(O)CN(C(=O)C(Br)C(C)C)C1. The second-order valence-electron chi connectivity index (χ2n) is 4.81. The van der Waals surface area contributed by atoms with Crippen molar-refractivity contribution in [1.29, 1.82) is 0 Å². The van der Waals surface area contributed by atoms with E-state index in [1.807, 2.05) is 20.8 Å². The minimum Gasteiger partial charge on any atom is -0.386 e. The zero-order valence-corrected chi connectivity index (χ0v) is 11.2. The molecular formula is C11H20BrNO2. The van der Waals surface area contributed by atoms with Gasteiger partial charge in [-0.1, -0.05) is 43.1 Å². The standard InChI is InChI=1S/C11H20BrNO2/c1-4-5-11(15)6-13(7-11)10(14)9(12)8(2)3/h8-9,15H,4-7H2,1-3H3. The van der Waals surface area contributed by atoms with E-state index < -0.39 is 5.60 Å². The Morgan fingerprint density at radius 1 is 1.53 bits per heavy atom. The number of likely N-dealkylation sites (tertiary alicyclic amines) is 1. The lowest BCUT2D eigenvalue weighted by Crippen LogP contribution is -2.64. The molecule has 0 radical (unpaired) electrons. The highest BCUT2D eigenvalue weighted by atomic mass is 79.9. The molecule has 3 nitrogen and oxygen atoms in total. The van der Waals surface area contributed by atoms with Crippen LogP contribution in [-0.2, 0) is 4.79 Å². The summed E-state index contributed by atoms with van der Waals surface area (Å²) in [5.74, 6) is 0.392. The van der Waals surface area contributed by atoms with Crippen molar-refractivity contribution in [2.45, 2.75) is 44.0 Å². The van der Waals surface area contributed by atoms with Gasteiger partial charge in [0.25, 0.3) is 0 Å².